The summed E-state index contributed by atoms with van der Waals surface area (Å²) >= 11 is 3.82. The molecule has 0 atom stereocenters. The van der Waals surface area contributed by atoms with E-state index in [-0.39, 0.29) is 0 Å². The van der Waals surface area contributed by atoms with E-state index in [9.17, 15) is 0 Å². The molecule has 0 spiro atoms. The van der Waals surface area contributed by atoms with Gasteiger partial charge in [0.2, 0.25) is 0 Å². The molecule has 4 aromatic rings. The van der Waals surface area contributed by atoms with E-state index in [1.54, 1.807) is 0 Å². The topological polar surface area (TPSA) is 6.48 Å². The molecule has 4 aromatic carbocycles. The molecule has 2 heterocycles. The van der Waals surface area contributed by atoms with Crippen molar-refractivity contribution in [1.29, 1.82) is 0 Å². The number of aryl methyl sites for hydroxylation is 4. The maximum Gasteiger partial charge on any atom is 0.0782 e. The van der Waals surface area contributed by atoms with Gasteiger partial charge in [-0.1, -0.05) is 73.8 Å². The molecule has 170 valence electrons. The lowest BCUT2D eigenvalue weighted by atomic mass is 10.1. The van der Waals surface area contributed by atoms with Gasteiger partial charge in [-0.3, -0.25) is 0 Å². The van der Waals surface area contributed by atoms with Crippen LogP contribution in [0, 0.1) is 13.8 Å². The zero-order valence-corrected chi connectivity index (χ0v) is 21.7. The molecule has 0 unspecified atom stereocenters. The third-order valence-corrected chi connectivity index (χ3v) is 9.09. The monoisotopic (exact) mass is 480 g/mol. The third kappa shape index (κ3) is 3.35. The van der Waals surface area contributed by atoms with Gasteiger partial charge in [-0.15, -0.1) is 0 Å². The number of benzene rings is 4. The Labute approximate surface area is 211 Å². The van der Waals surface area contributed by atoms with Gasteiger partial charge in [-0.05, 0) is 85.3 Å². The zero-order chi connectivity index (χ0) is 23.4. The predicted octanol–water partition coefficient (Wildman–Crippen LogP) is 9.25. The summed E-state index contributed by atoms with van der Waals surface area (Å²) in [5, 5.41) is 4.95. The summed E-state index contributed by atoms with van der Waals surface area (Å²) in [6.45, 7) is 8.96. The van der Waals surface area contributed by atoms with Gasteiger partial charge in [-0.25, -0.2) is 10.0 Å². The molecule has 0 amide bonds. The highest BCUT2D eigenvalue weighted by Gasteiger charge is 2.35. The molecule has 0 N–H and O–H groups in total. The highest BCUT2D eigenvalue weighted by Crippen LogP contribution is 2.57. The number of anilines is 4. The van der Waals surface area contributed by atoms with E-state index in [0.29, 0.717) is 0 Å². The fourth-order valence-corrected chi connectivity index (χ4v) is 7.50. The van der Waals surface area contributed by atoms with E-state index < -0.39 is 0 Å². The Morgan fingerprint density at radius 1 is 0.559 bits per heavy atom. The van der Waals surface area contributed by atoms with Crippen molar-refractivity contribution in [2.24, 2.45) is 0 Å². The minimum Gasteiger partial charge on any atom is -0.247 e. The Balaban J connectivity index is 1.69. The number of hydrogen-bond donors (Lipinski definition) is 0. The number of hydrazine groups is 1. The summed E-state index contributed by atoms with van der Waals surface area (Å²) in [5.74, 6) is 0. The normalized spacial score (nSPS) is 13.8. The van der Waals surface area contributed by atoms with Crippen LogP contribution in [0.2, 0.25) is 0 Å². The van der Waals surface area contributed by atoms with E-state index in [1.165, 1.54) is 64.6 Å². The maximum absolute atomic E-state index is 2.48. The van der Waals surface area contributed by atoms with Crippen molar-refractivity contribution in [1.82, 2.24) is 0 Å². The van der Waals surface area contributed by atoms with Crippen molar-refractivity contribution in [2.75, 3.05) is 10.0 Å². The van der Waals surface area contributed by atoms with Crippen LogP contribution in [0.25, 0.3) is 0 Å². The van der Waals surface area contributed by atoms with Crippen LogP contribution in [0.15, 0.2) is 92.4 Å². The molecule has 0 bridgehead atoms. The molecule has 4 heteroatoms. The van der Waals surface area contributed by atoms with Crippen molar-refractivity contribution < 1.29 is 0 Å². The first-order valence-electron chi connectivity index (χ1n) is 12.0. The lowest BCUT2D eigenvalue weighted by Crippen LogP contribution is -2.39. The molecular weight excluding hydrogens is 452 g/mol. The van der Waals surface area contributed by atoms with Gasteiger partial charge in [0, 0.05) is 19.6 Å². The van der Waals surface area contributed by atoms with E-state index in [2.05, 4.69) is 111 Å². The average molecular weight is 481 g/mol. The lowest BCUT2D eigenvalue weighted by Gasteiger charge is -2.45. The summed E-state index contributed by atoms with van der Waals surface area (Å²) < 4.78 is 0. The SMILES string of the molecule is CCc1cc(C)cc2c1Sc1ccccc1N2N1c2ccccc2Sc2c(CC)cc(C)cc21. The van der Waals surface area contributed by atoms with Gasteiger partial charge in [0.15, 0.2) is 0 Å². The Morgan fingerprint density at radius 3 is 1.38 bits per heavy atom. The molecule has 2 nitrogen and oxygen atoms in total. The fraction of sp³-hybridized carbons (Fsp3) is 0.200. The van der Waals surface area contributed by atoms with Gasteiger partial charge in [-0.2, -0.15) is 0 Å². The molecule has 6 rings (SSSR count). The highest BCUT2D eigenvalue weighted by atomic mass is 32.2. The van der Waals surface area contributed by atoms with E-state index in [0.717, 1.165) is 12.8 Å². The van der Waals surface area contributed by atoms with Crippen molar-refractivity contribution in [2.45, 2.75) is 60.1 Å². The van der Waals surface area contributed by atoms with Gasteiger partial charge >= 0.3 is 0 Å². The molecule has 0 saturated heterocycles. The van der Waals surface area contributed by atoms with Gasteiger partial charge in [0.1, 0.15) is 0 Å². The Kier molecular flexibility index (Phi) is 5.39. The number of hydrogen-bond acceptors (Lipinski definition) is 4. The van der Waals surface area contributed by atoms with Crippen LogP contribution >= 0.6 is 23.5 Å². The second-order valence-corrected chi connectivity index (χ2v) is 11.1. The molecular formula is C30H28N2S2. The minimum absolute atomic E-state index is 1.02. The molecule has 0 saturated carbocycles. The van der Waals surface area contributed by atoms with E-state index in [4.69, 9.17) is 0 Å². The predicted molar refractivity (Wildman–Crippen MR) is 147 cm³/mol. The summed E-state index contributed by atoms with van der Waals surface area (Å²) in [4.78, 5) is 5.34. The lowest BCUT2D eigenvalue weighted by molar-refractivity contribution is 0.899. The molecule has 34 heavy (non-hydrogen) atoms. The van der Waals surface area contributed by atoms with Crippen LogP contribution in [0.5, 0.6) is 0 Å². The Hall–Kier alpha value is -2.82. The van der Waals surface area contributed by atoms with Crippen molar-refractivity contribution >= 4 is 46.3 Å². The molecule has 0 aromatic heterocycles. The smallest absolute Gasteiger partial charge is 0.0782 e. The Bertz CT molecular complexity index is 1320. The molecule has 2 aliphatic rings. The summed E-state index contributed by atoms with van der Waals surface area (Å²) in [5.41, 5.74) is 10.5. The number of fused-ring (bicyclic) bond motifs is 4. The molecule has 0 fully saturated rings. The molecule has 2 aliphatic heterocycles. The standard InChI is InChI=1S/C30H28N2S2/c1-5-21-15-19(3)17-25-29(21)33-27-13-9-7-11-23(27)31(25)32-24-12-8-10-14-28(24)34-30-22(6-2)16-20(4)18-26(30)32/h7-18H,5-6H2,1-4H3. The Morgan fingerprint density at radius 2 is 0.971 bits per heavy atom. The maximum atomic E-state index is 2.48. The summed E-state index contributed by atoms with van der Waals surface area (Å²) in [6.07, 6.45) is 2.05. The van der Waals surface area contributed by atoms with E-state index in [1.807, 2.05) is 23.5 Å². The molecule has 0 aliphatic carbocycles. The van der Waals surface area contributed by atoms with Crippen LogP contribution < -0.4 is 10.0 Å². The van der Waals surface area contributed by atoms with Crippen LogP contribution in [-0.2, 0) is 12.8 Å². The second kappa shape index (κ2) is 8.44. The van der Waals surface area contributed by atoms with Crippen LogP contribution in [0.1, 0.15) is 36.1 Å². The largest absolute Gasteiger partial charge is 0.247 e. The highest BCUT2D eigenvalue weighted by molar-refractivity contribution is 8.00. The molecule has 0 radical (unpaired) electrons. The third-order valence-electron chi connectivity index (χ3n) is 6.61. The summed E-state index contributed by atoms with van der Waals surface area (Å²) in [7, 11) is 0. The first-order chi connectivity index (χ1) is 16.6. The first kappa shape index (κ1) is 21.7. The second-order valence-electron chi connectivity index (χ2n) is 9.01. The van der Waals surface area contributed by atoms with Crippen molar-refractivity contribution in [3.63, 3.8) is 0 Å². The number of nitrogens with zero attached hydrogens (tertiary/aromatic N) is 2. The quantitative estimate of drug-likeness (QED) is 0.288. The van der Waals surface area contributed by atoms with Gasteiger partial charge < -0.3 is 0 Å². The average Bonchev–Trinajstić information content (AvgIpc) is 2.85. The summed E-state index contributed by atoms with van der Waals surface area (Å²) in [6, 6.07) is 27.1. The van der Waals surface area contributed by atoms with Crippen LogP contribution in [0.4, 0.5) is 22.7 Å². The first-order valence-corrected chi connectivity index (χ1v) is 13.6. The van der Waals surface area contributed by atoms with Crippen molar-refractivity contribution in [3.05, 3.63) is 95.1 Å². The number of para-hydroxylation sites is 2. The minimum atomic E-state index is 1.02. The van der Waals surface area contributed by atoms with Gasteiger partial charge in [0.05, 0.1) is 22.7 Å². The van der Waals surface area contributed by atoms with Crippen LogP contribution in [0.3, 0.4) is 0 Å². The van der Waals surface area contributed by atoms with Crippen molar-refractivity contribution in [3.8, 4) is 0 Å². The number of rotatable bonds is 3. The zero-order valence-electron chi connectivity index (χ0n) is 20.1. The van der Waals surface area contributed by atoms with Gasteiger partial charge in [0.25, 0.3) is 0 Å². The fourth-order valence-electron chi connectivity index (χ4n) is 5.08. The van der Waals surface area contributed by atoms with Crippen LogP contribution in [-0.4, -0.2) is 0 Å². The van der Waals surface area contributed by atoms with E-state index >= 15 is 0 Å².